The smallest absolute Gasteiger partial charge is 0.141 e. The van der Waals surface area contributed by atoms with Gasteiger partial charge in [-0.25, -0.2) is 0 Å². The topological polar surface area (TPSA) is 9.23 Å². The summed E-state index contributed by atoms with van der Waals surface area (Å²) >= 11 is 3.57. The van der Waals surface area contributed by atoms with Gasteiger partial charge in [-0.2, -0.15) is 0 Å². The number of benzene rings is 3. The van der Waals surface area contributed by atoms with Crippen LogP contribution in [0.1, 0.15) is 5.56 Å². The number of ether oxygens (including phenoxy) is 1. The molecule has 94 valence electrons. The van der Waals surface area contributed by atoms with Gasteiger partial charge in [0.25, 0.3) is 0 Å². The van der Waals surface area contributed by atoms with E-state index in [9.17, 15) is 0 Å². The second-order valence-corrected chi connectivity index (χ2v) is 5.23. The molecule has 0 heterocycles. The molecule has 0 unspecified atom stereocenters. The van der Waals surface area contributed by atoms with Crippen LogP contribution in [0, 0.1) is 0 Å². The van der Waals surface area contributed by atoms with Crippen molar-refractivity contribution in [2.45, 2.75) is 6.61 Å². The van der Waals surface area contributed by atoms with E-state index in [1.54, 1.807) is 0 Å². The molecule has 19 heavy (non-hydrogen) atoms. The Balaban J connectivity index is 1.94. The molecule has 0 saturated heterocycles. The molecule has 1 nitrogen and oxygen atoms in total. The molecule has 0 spiro atoms. The normalized spacial score (nSPS) is 10.6. The zero-order valence-electron chi connectivity index (χ0n) is 10.3. The molecule has 0 atom stereocenters. The van der Waals surface area contributed by atoms with Gasteiger partial charge in [0, 0.05) is 5.39 Å². The van der Waals surface area contributed by atoms with Gasteiger partial charge in [0.05, 0.1) is 4.47 Å². The van der Waals surface area contributed by atoms with E-state index < -0.39 is 0 Å². The Morgan fingerprint density at radius 3 is 2.37 bits per heavy atom. The third-order valence-corrected chi connectivity index (χ3v) is 3.68. The van der Waals surface area contributed by atoms with Crippen LogP contribution in [-0.4, -0.2) is 0 Å². The van der Waals surface area contributed by atoms with E-state index in [0.29, 0.717) is 6.61 Å². The molecule has 0 saturated carbocycles. The third-order valence-electron chi connectivity index (χ3n) is 3.06. The van der Waals surface area contributed by atoms with Crippen LogP contribution in [-0.2, 0) is 6.61 Å². The van der Waals surface area contributed by atoms with Gasteiger partial charge >= 0.3 is 0 Å². The van der Waals surface area contributed by atoms with Gasteiger partial charge in [-0.3, -0.25) is 0 Å². The van der Waals surface area contributed by atoms with E-state index in [0.717, 1.165) is 15.6 Å². The molecule has 0 aliphatic carbocycles. The highest BCUT2D eigenvalue weighted by molar-refractivity contribution is 9.10. The molecule has 0 aromatic heterocycles. The van der Waals surface area contributed by atoms with E-state index in [-0.39, 0.29) is 0 Å². The van der Waals surface area contributed by atoms with Crippen LogP contribution in [0.3, 0.4) is 0 Å². The lowest BCUT2D eigenvalue weighted by Gasteiger charge is -2.11. The van der Waals surface area contributed by atoms with E-state index >= 15 is 0 Å². The molecule has 0 amide bonds. The minimum Gasteiger partial charge on any atom is -0.487 e. The summed E-state index contributed by atoms with van der Waals surface area (Å²) in [6.45, 7) is 0.577. The van der Waals surface area contributed by atoms with E-state index in [1.807, 2.05) is 36.4 Å². The van der Waals surface area contributed by atoms with Gasteiger partial charge < -0.3 is 4.74 Å². The zero-order chi connectivity index (χ0) is 13.1. The molecule has 0 radical (unpaired) electrons. The second-order valence-electron chi connectivity index (χ2n) is 4.37. The summed E-state index contributed by atoms with van der Waals surface area (Å²) in [7, 11) is 0. The first-order valence-corrected chi connectivity index (χ1v) is 6.98. The molecule has 2 heteroatoms. The highest BCUT2D eigenvalue weighted by Crippen LogP contribution is 2.34. The summed E-state index contributed by atoms with van der Waals surface area (Å²) in [5, 5.41) is 2.32. The summed E-state index contributed by atoms with van der Waals surface area (Å²) in [4.78, 5) is 0. The van der Waals surface area contributed by atoms with Crippen molar-refractivity contribution in [3.8, 4) is 5.75 Å². The van der Waals surface area contributed by atoms with Gasteiger partial charge in [0.15, 0.2) is 0 Å². The number of hydrogen-bond donors (Lipinski definition) is 0. The first kappa shape index (κ1) is 12.2. The van der Waals surface area contributed by atoms with Crippen molar-refractivity contribution >= 4 is 26.7 Å². The van der Waals surface area contributed by atoms with Crippen LogP contribution in [0.15, 0.2) is 71.2 Å². The lowest BCUT2D eigenvalue weighted by atomic mass is 10.1. The fourth-order valence-corrected chi connectivity index (χ4v) is 2.55. The maximum absolute atomic E-state index is 5.99. The van der Waals surface area contributed by atoms with Gasteiger partial charge in [-0.1, -0.05) is 60.7 Å². The monoisotopic (exact) mass is 312 g/mol. The van der Waals surface area contributed by atoms with E-state index in [1.165, 1.54) is 10.9 Å². The Morgan fingerprint density at radius 1 is 0.789 bits per heavy atom. The average molecular weight is 313 g/mol. The van der Waals surface area contributed by atoms with Gasteiger partial charge in [-0.05, 0) is 32.9 Å². The van der Waals surface area contributed by atoms with Crippen LogP contribution < -0.4 is 4.74 Å². The van der Waals surface area contributed by atoms with Crippen LogP contribution in [0.5, 0.6) is 5.75 Å². The Morgan fingerprint density at radius 2 is 1.53 bits per heavy atom. The van der Waals surface area contributed by atoms with Crippen molar-refractivity contribution in [1.29, 1.82) is 0 Å². The van der Waals surface area contributed by atoms with Crippen molar-refractivity contribution in [3.63, 3.8) is 0 Å². The summed E-state index contributed by atoms with van der Waals surface area (Å²) in [6, 6.07) is 22.6. The Bertz CT molecular complexity index is 692. The molecule has 3 aromatic rings. The summed E-state index contributed by atoms with van der Waals surface area (Å²) in [5.74, 6) is 0.905. The number of hydrogen-bond acceptors (Lipinski definition) is 1. The van der Waals surface area contributed by atoms with Crippen molar-refractivity contribution < 1.29 is 4.74 Å². The molecule has 0 bridgehead atoms. The van der Waals surface area contributed by atoms with Gasteiger partial charge in [0.1, 0.15) is 12.4 Å². The van der Waals surface area contributed by atoms with Crippen molar-refractivity contribution in [2.75, 3.05) is 0 Å². The molecule has 3 rings (SSSR count). The lowest BCUT2D eigenvalue weighted by molar-refractivity contribution is 0.308. The number of fused-ring (bicyclic) bond motifs is 1. The third kappa shape index (κ3) is 2.64. The van der Waals surface area contributed by atoms with Crippen molar-refractivity contribution in [2.24, 2.45) is 0 Å². The second kappa shape index (κ2) is 5.45. The molecular formula is C17H13BrO. The Hall–Kier alpha value is -1.80. The molecule has 3 aromatic carbocycles. The summed E-state index contributed by atoms with van der Waals surface area (Å²) < 4.78 is 6.98. The van der Waals surface area contributed by atoms with Crippen molar-refractivity contribution in [1.82, 2.24) is 0 Å². The maximum Gasteiger partial charge on any atom is 0.141 e. The highest BCUT2D eigenvalue weighted by atomic mass is 79.9. The first-order valence-electron chi connectivity index (χ1n) is 6.18. The number of rotatable bonds is 3. The zero-order valence-corrected chi connectivity index (χ0v) is 11.9. The lowest BCUT2D eigenvalue weighted by Crippen LogP contribution is -1.96. The maximum atomic E-state index is 5.99. The summed E-state index contributed by atoms with van der Waals surface area (Å²) in [5.41, 5.74) is 1.17. The highest BCUT2D eigenvalue weighted by Gasteiger charge is 2.06. The summed E-state index contributed by atoms with van der Waals surface area (Å²) in [6.07, 6.45) is 0. The molecule has 0 aliphatic heterocycles. The van der Waals surface area contributed by atoms with Crippen LogP contribution in [0.25, 0.3) is 10.8 Å². The molecule has 0 aliphatic rings. The average Bonchev–Trinajstić information content (AvgIpc) is 2.47. The fraction of sp³-hybridized carbons (Fsp3) is 0.0588. The fourth-order valence-electron chi connectivity index (χ4n) is 2.09. The first-order chi connectivity index (χ1) is 9.34. The quantitative estimate of drug-likeness (QED) is 0.647. The van der Waals surface area contributed by atoms with Crippen LogP contribution in [0.4, 0.5) is 0 Å². The molecular weight excluding hydrogens is 300 g/mol. The standard InChI is InChI=1S/C17H13BrO/c18-16-11-10-14-8-4-5-9-15(14)17(16)19-12-13-6-2-1-3-7-13/h1-11H,12H2. The SMILES string of the molecule is Brc1ccc2ccccc2c1OCc1ccccc1. The predicted molar refractivity (Wildman–Crippen MR) is 82.4 cm³/mol. The number of halogens is 1. The minimum atomic E-state index is 0.577. The molecule has 0 N–H and O–H groups in total. The minimum absolute atomic E-state index is 0.577. The van der Waals surface area contributed by atoms with Gasteiger partial charge in [0.2, 0.25) is 0 Å². The van der Waals surface area contributed by atoms with Crippen molar-refractivity contribution in [3.05, 3.63) is 76.8 Å². The molecule has 0 fully saturated rings. The van der Waals surface area contributed by atoms with Gasteiger partial charge in [-0.15, -0.1) is 0 Å². The van der Waals surface area contributed by atoms with Crippen LogP contribution in [0.2, 0.25) is 0 Å². The Kier molecular flexibility index (Phi) is 3.51. The Labute approximate surface area is 121 Å². The van der Waals surface area contributed by atoms with E-state index in [4.69, 9.17) is 4.74 Å². The predicted octanol–water partition coefficient (Wildman–Crippen LogP) is 5.18. The van der Waals surface area contributed by atoms with Crippen LogP contribution >= 0.6 is 15.9 Å². The van der Waals surface area contributed by atoms with E-state index in [2.05, 4.69) is 46.3 Å². The largest absolute Gasteiger partial charge is 0.487 e.